The maximum absolute atomic E-state index is 12.9. The van der Waals surface area contributed by atoms with Crippen molar-refractivity contribution < 1.29 is 29.0 Å². The Labute approximate surface area is 144 Å². The summed E-state index contributed by atoms with van der Waals surface area (Å²) < 4.78 is 5.62. The fraction of sp³-hybridized carbons (Fsp3) is 0.444. The number of hydrogen-bond acceptors (Lipinski definition) is 5. The molecule has 4 unspecified atom stereocenters. The van der Waals surface area contributed by atoms with Crippen LogP contribution >= 0.6 is 0 Å². The molecule has 0 amide bonds. The third-order valence-electron chi connectivity index (χ3n) is 4.95. The Morgan fingerprint density at radius 3 is 2.32 bits per heavy atom. The smallest absolute Gasteiger partial charge is 0.314 e. The van der Waals surface area contributed by atoms with Crippen LogP contribution in [0, 0.1) is 24.7 Å². The van der Waals surface area contributed by atoms with Crippen LogP contribution in [0.15, 0.2) is 32.8 Å². The number of rotatable bonds is 3. The zero-order chi connectivity index (χ0) is 18.5. The van der Waals surface area contributed by atoms with Crippen molar-refractivity contribution in [1.82, 2.24) is 0 Å². The van der Waals surface area contributed by atoms with Gasteiger partial charge in [0.05, 0.1) is 5.92 Å². The van der Waals surface area contributed by atoms with E-state index in [2.05, 4.69) is 4.99 Å². The highest BCUT2D eigenvalue weighted by molar-refractivity contribution is 6.13. The van der Waals surface area contributed by atoms with Gasteiger partial charge in [0, 0.05) is 17.0 Å². The number of Topliss-reactive ketones (excluding diaryl/α,β-unsaturated/α-hetero) is 1. The Bertz CT molecular complexity index is 830. The highest BCUT2D eigenvalue weighted by Crippen LogP contribution is 2.46. The first-order valence-electron chi connectivity index (χ1n) is 8.06. The maximum Gasteiger partial charge on any atom is 0.314 e. The summed E-state index contributed by atoms with van der Waals surface area (Å²) in [6, 6.07) is 3.33. The number of aliphatic carboxylic acids is 2. The van der Waals surface area contributed by atoms with Gasteiger partial charge in [0.2, 0.25) is 0 Å². The monoisotopic (exact) mass is 345 g/mol. The molecular formula is C18H19NO6. The number of aliphatic imine (C=N–C) groups is 1. The van der Waals surface area contributed by atoms with E-state index in [9.17, 15) is 24.6 Å². The second kappa shape index (κ2) is 5.98. The molecule has 2 heterocycles. The molecule has 4 atom stereocenters. The molecule has 1 aromatic rings. The first-order valence-corrected chi connectivity index (χ1v) is 8.06. The van der Waals surface area contributed by atoms with Crippen molar-refractivity contribution >= 4 is 23.4 Å². The molecule has 3 rings (SSSR count). The van der Waals surface area contributed by atoms with Crippen molar-refractivity contribution in [3.8, 4) is 0 Å². The molecular weight excluding hydrogens is 326 g/mol. The molecule has 1 aliphatic heterocycles. The van der Waals surface area contributed by atoms with Gasteiger partial charge in [-0.1, -0.05) is 6.92 Å². The minimum absolute atomic E-state index is 0.165. The van der Waals surface area contributed by atoms with Gasteiger partial charge < -0.3 is 14.6 Å². The maximum atomic E-state index is 12.9. The standard InChI is InChI=1S/C18H19NO6/c1-7-6-10-14(16(20)12(7)17(21)22)15(11-5-4-8(2)25-11)13(18(23)24)9(3)19-10/h4-5,7,12-13,15H,6H2,1-3H3,(H,21,22)(H,23,24). The minimum Gasteiger partial charge on any atom is -0.481 e. The van der Waals surface area contributed by atoms with Crippen LogP contribution in [0.5, 0.6) is 0 Å². The van der Waals surface area contributed by atoms with Crippen LogP contribution in [0.2, 0.25) is 0 Å². The van der Waals surface area contributed by atoms with Crippen LogP contribution in [-0.2, 0) is 14.4 Å². The van der Waals surface area contributed by atoms with E-state index >= 15 is 0 Å². The van der Waals surface area contributed by atoms with E-state index in [1.54, 1.807) is 32.9 Å². The Kier molecular flexibility index (Phi) is 4.10. The first-order chi connectivity index (χ1) is 11.7. The van der Waals surface area contributed by atoms with Gasteiger partial charge in [-0.3, -0.25) is 19.4 Å². The van der Waals surface area contributed by atoms with E-state index < -0.39 is 41.4 Å². The molecule has 1 aromatic heterocycles. The topological polar surface area (TPSA) is 117 Å². The molecule has 0 spiro atoms. The number of carbonyl (C=O) groups is 3. The number of carboxylic acid groups (broad SMARTS) is 2. The molecule has 0 radical (unpaired) electrons. The normalized spacial score (nSPS) is 29.2. The number of nitrogens with zero attached hydrogens (tertiary/aromatic N) is 1. The largest absolute Gasteiger partial charge is 0.481 e. The van der Waals surface area contributed by atoms with Crippen LogP contribution < -0.4 is 0 Å². The van der Waals surface area contributed by atoms with Crippen LogP contribution in [0.1, 0.15) is 37.7 Å². The van der Waals surface area contributed by atoms with Crippen molar-refractivity contribution in [3.63, 3.8) is 0 Å². The number of aryl methyl sites for hydroxylation is 1. The van der Waals surface area contributed by atoms with Crippen LogP contribution in [0.25, 0.3) is 0 Å². The Morgan fingerprint density at radius 1 is 1.16 bits per heavy atom. The van der Waals surface area contributed by atoms with Crippen molar-refractivity contribution in [2.24, 2.45) is 22.7 Å². The van der Waals surface area contributed by atoms with E-state index in [4.69, 9.17) is 4.42 Å². The summed E-state index contributed by atoms with van der Waals surface area (Å²) in [5, 5.41) is 19.1. The van der Waals surface area contributed by atoms with E-state index in [1.165, 1.54) is 0 Å². The Balaban J connectivity index is 2.21. The number of allylic oxidation sites excluding steroid dienone is 2. The second-order valence-corrected chi connectivity index (χ2v) is 6.72. The van der Waals surface area contributed by atoms with Gasteiger partial charge >= 0.3 is 11.9 Å². The van der Waals surface area contributed by atoms with Crippen molar-refractivity contribution in [2.75, 3.05) is 0 Å². The number of carbonyl (C=O) groups excluding carboxylic acids is 1. The average molecular weight is 345 g/mol. The van der Waals surface area contributed by atoms with E-state index in [0.29, 0.717) is 29.4 Å². The average Bonchev–Trinajstić information content (AvgIpc) is 2.91. The summed E-state index contributed by atoms with van der Waals surface area (Å²) in [4.78, 5) is 40.7. The van der Waals surface area contributed by atoms with Crippen LogP contribution in [-0.4, -0.2) is 33.6 Å². The molecule has 1 aliphatic carbocycles. The molecule has 0 bridgehead atoms. The summed E-state index contributed by atoms with van der Waals surface area (Å²) in [6.45, 7) is 5.04. The van der Waals surface area contributed by atoms with Gasteiger partial charge in [0.25, 0.3) is 0 Å². The third-order valence-corrected chi connectivity index (χ3v) is 4.95. The summed E-state index contributed by atoms with van der Waals surface area (Å²) >= 11 is 0. The van der Waals surface area contributed by atoms with E-state index in [-0.39, 0.29) is 5.57 Å². The fourth-order valence-electron chi connectivity index (χ4n) is 3.83. The van der Waals surface area contributed by atoms with Gasteiger partial charge in [-0.2, -0.15) is 0 Å². The third kappa shape index (κ3) is 2.69. The number of hydrogen-bond donors (Lipinski definition) is 2. The summed E-state index contributed by atoms with van der Waals surface area (Å²) in [5.41, 5.74) is 1.03. The summed E-state index contributed by atoms with van der Waals surface area (Å²) in [5.74, 6) is -5.46. The molecule has 0 fully saturated rings. The van der Waals surface area contributed by atoms with Gasteiger partial charge in [-0.05, 0) is 38.3 Å². The van der Waals surface area contributed by atoms with E-state index in [1.807, 2.05) is 0 Å². The quantitative estimate of drug-likeness (QED) is 0.812. The zero-order valence-electron chi connectivity index (χ0n) is 14.1. The van der Waals surface area contributed by atoms with Crippen molar-refractivity contribution in [1.29, 1.82) is 0 Å². The van der Waals surface area contributed by atoms with Gasteiger partial charge in [0.1, 0.15) is 23.4 Å². The second-order valence-electron chi connectivity index (χ2n) is 6.72. The number of ketones is 1. The zero-order valence-corrected chi connectivity index (χ0v) is 14.1. The molecule has 0 saturated heterocycles. The highest BCUT2D eigenvalue weighted by atomic mass is 16.4. The summed E-state index contributed by atoms with van der Waals surface area (Å²) in [7, 11) is 0. The lowest BCUT2D eigenvalue weighted by Gasteiger charge is -2.36. The molecule has 2 aliphatic rings. The lowest BCUT2D eigenvalue weighted by atomic mass is 9.68. The molecule has 132 valence electrons. The van der Waals surface area contributed by atoms with Gasteiger partial charge in [-0.15, -0.1) is 0 Å². The van der Waals surface area contributed by atoms with E-state index in [0.717, 1.165) is 0 Å². The summed E-state index contributed by atoms with van der Waals surface area (Å²) in [6.07, 6.45) is 0.317. The van der Waals surface area contributed by atoms with Crippen LogP contribution in [0.4, 0.5) is 0 Å². The van der Waals surface area contributed by atoms with Crippen LogP contribution in [0.3, 0.4) is 0 Å². The Hall–Kier alpha value is -2.70. The van der Waals surface area contributed by atoms with Gasteiger partial charge in [0.15, 0.2) is 5.78 Å². The van der Waals surface area contributed by atoms with Crippen molar-refractivity contribution in [3.05, 3.63) is 34.9 Å². The molecule has 7 nitrogen and oxygen atoms in total. The minimum atomic E-state index is -1.20. The SMILES string of the molecule is CC1=NC2=C(C(=O)C(C(=O)O)C(C)C2)C(c2ccc(C)o2)C1C(=O)O. The number of carboxylic acids is 2. The highest BCUT2D eigenvalue weighted by Gasteiger charge is 2.49. The lowest BCUT2D eigenvalue weighted by molar-refractivity contribution is -0.147. The molecule has 0 saturated carbocycles. The molecule has 25 heavy (non-hydrogen) atoms. The first kappa shape index (κ1) is 17.1. The fourth-order valence-corrected chi connectivity index (χ4v) is 3.83. The number of furan rings is 1. The Morgan fingerprint density at radius 2 is 1.80 bits per heavy atom. The molecule has 2 N–H and O–H groups in total. The predicted molar refractivity (Wildman–Crippen MR) is 87.4 cm³/mol. The lowest BCUT2D eigenvalue weighted by Crippen LogP contribution is -2.42. The molecule has 0 aromatic carbocycles. The predicted octanol–water partition coefficient (Wildman–Crippen LogP) is 2.41. The molecule has 7 heteroatoms. The van der Waals surface area contributed by atoms with Crippen molar-refractivity contribution in [2.45, 2.75) is 33.1 Å². The van der Waals surface area contributed by atoms with Gasteiger partial charge in [-0.25, -0.2) is 0 Å².